The molecule has 0 radical (unpaired) electrons. The van der Waals surface area contributed by atoms with E-state index in [2.05, 4.69) is 109 Å². The van der Waals surface area contributed by atoms with Gasteiger partial charge in [0.25, 0.3) is 5.56 Å². The molecule has 2 amide bonds. The summed E-state index contributed by atoms with van der Waals surface area (Å²) >= 11 is 0. The van der Waals surface area contributed by atoms with Gasteiger partial charge in [-0.15, -0.1) is 0 Å². The predicted molar refractivity (Wildman–Crippen MR) is 214 cm³/mol. The number of aromatic nitrogens is 2. The molecule has 0 saturated heterocycles. The van der Waals surface area contributed by atoms with Gasteiger partial charge in [-0.25, -0.2) is 9.78 Å². The zero-order valence-corrected chi connectivity index (χ0v) is 30.5. The van der Waals surface area contributed by atoms with E-state index in [0.29, 0.717) is 17.8 Å². The number of nitrogens with one attached hydrogen (secondary N) is 2. The van der Waals surface area contributed by atoms with E-state index in [-0.39, 0.29) is 23.1 Å². The van der Waals surface area contributed by atoms with Crippen LogP contribution >= 0.6 is 0 Å². The molecule has 0 atom stereocenters. The molecule has 4 aromatic carbocycles. The molecule has 7 nitrogen and oxygen atoms in total. The molecule has 2 aromatic heterocycles. The first-order valence-corrected chi connectivity index (χ1v) is 17.8. The Morgan fingerprint density at radius 3 is 1.96 bits per heavy atom. The maximum Gasteiger partial charge on any atom is 0.323 e. The van der Waals surface area contributed by atoms with Crippen LogP contribution in [0.25, 0.3) is 22.2 Å². The lowest BCUT2D eigenvalue weighted by Crippen LogP contribution is -2.29. The fraction of sp³-hybridized carbons (Fsp3) is 0.222. The molecule has 7 heteroatoms. The Bertz CT molecular complexity index is 2230. The van der Waals surface area contributed by atoms with Crippen molar-refractivity contribution in [2.45, 2.75) is 52.6 Å². The monoisotopic (exact) mass is 687 g/mol. The Labute approximate surface area is 306 Å². The topological polar surface area (TPSA) is 79.3 Å². The Morgan fingerprint density at radius 1 is 0.750 bits per heavy atom. The van der Waals surface area contributed by atoms with E-state index >= 15 is 0 Å². The van der Waals surface area contributed by atoms with Crippen LogP contribution in [-0.2, 0) is 20.1 Å². The van der Waals surface area contributed by atoms with E-state index < -0.39 is 6.03 Å². The van der Waals surface area contributed by atoms with Crippen molar-refractivity contribution in [2.75, 3.05) is 17.2 Å². The molecule has 0 aliphatic carbocycles. The van der Waals surface area contributed by atoms with Gasteiger partial charge in [0.15, 0.2) is 0 Å². The number of pyridine rings is 2. The molecular formula is C45H45N5O2. The van der Waals surface area contributed by atoms with Gasteiger partial charge in [-0.1, -0.05) is 131 Å². The maximum atomic E-state index is 14.0. The largest absolute Gasteiger partial charge is 0.323 e. The average molecular weight is 688 g/mol. The molecule has 6 rings (SSSR count). The molecule has 0 saturated carbocycles. The van der Waals surface area contributed by atoms with Gasteiger partial charge < -0.3 is 10.6 Å². The Balaban J connectivity index is 1.34. The Hall–Kier alpha value is -5.97. The summed E-state index contributed by atoms with van der Waals surface area (Å²) in [6.45, 7) is 10.5. The SMILES string of the molecule is CC(C)c1cccc(C(C)C)c1NC(=O)Nc1c(-c2cccc(C#CCN(Cc3ccccc3)Cc3ccccc3)c2)c2cccnc2n(C)c1=O. The summed E-state index contributed by atoms with van der Waals surface area (Å²) in [4.78, 5) is 34.7. The number of carbonyl (C=O) groups is 1. The zero-order chi connectivity index (χ0) is 36.6. The number of nitrogens with zero attached hydrogens (tertiary/aromatic N) is 3. The van der Waals surface area contributed by atoms with Gasteiger partial charge in [-0.3, -0.25) is 14.3 Å². The van der Waals surface area contributed by atoms with Crippen molar-refractivity contribution in [1.29, 1.82) is 0 Å². The molecular weight excluding hydrogens is 643 g/mol. The average Bonchev–Trinajstić information content (AvgIpc) is 3.14. The number of anilines is 2. The number of para-hydroxylation sites is 1. The molecule has 0 aliphatic rings. The molecule has 0 fully saturated rings. The van der Waals surface area contributed by atoms with Crippen molar-refractivity contribution in [1.82, 2.24) is 14.5 Å². The van der Waals surface area contributed by atoms with E-state index in [0.717, 1.165) is 46.4 Å². The highest BCUT2D eigenvalue weighted by molar-refractivity contribution is 6.07. The first kappa shape index (κ1) is 35.8. The van der Waals surface area contributed by atoms with Crippen LogP contribution in [-0.4, -0.2) is 27.0 Å². The first-order chi connectivity index (χ1) is 25.2. The van der Waals surface area contributed by atoms with Gasteiger partial charge in [0.2, 0.25) is 0 Å². The van der Waals surface area contributed by atoms with Gasteiger partial charge in [0, 0.05) is 48.5 Å². The lowest BCUT2D eigenvalue weighted by molar-refractivity contribution is 0.262. The smallest absolute Gasteiger partial charge is 0.307 e. The number of aryl methyl sites for hydroxylation is 1. The molecule has 6 aromatic rings. The number of benzene rings is 4. The van der Waals surface area contributed by atoms with Crippen LogP contribution in [0.4, 0.5) is 16.2 Å². The van der Waals surface area contributed by atoms with Gasteiger partial charge >= 0.3 is 6.03 Å². The first-order valence-electron chi connectivity index (χ1n) is 17.8. The van der Waals surface area contributed by atoms with E-state index in [1.165, 1.54) is 15.7 Å². The molecule has 52 heavy (non-hydrogen) atoms. The lowest BCUT2D eigenvalue weighted by atomic mass is 9.93. The third-order valence-corrected chi connectivity index (χ3v) is 9.18. The third-order valence-electron chi connectivity index (χ3n) is 9.18. The molecule has 0 bridgehead atoms. The molecule has 0 spiro atoms. The Morgan fingerprint density at radius 2 is 1.35 bits per heavy atom. The normalized spacial score (nSPS) is 11.2. The van der Waals surface area contributed by atoms with Crippen molar-refractivity contribution >= 4 is 28.4 Å². The van der Waals surface area contributed by atoms with Crippen LogP contribution < -0.4 is 16.2 Å². The fourth-order valence-electron chi connectivity index (χ4n) is 6.59. The number of rotatable bonds is 10. The zero-order valence-electron chi connectivity index (χ0n) is 30.5. The second kappa shape index (κ2) is 16.4. The summed E-state index contributed by atoms with van der Waals surface area (Å²) in [5, 5.41) is 6.81. The second-order valence-electron chi connectivity index (χ2n) is 13.7. The van der Waals surface area contributed by atoms with E-state index in [9.17, 15) is 9.59 Å². The minimum Gasteiger partial charge on any atom is -0.307 e. The van der Waals surface area contributed by atoms with E-state index in [1.54, 1.807) is 13.2 Å². The predicted octanol–water partition coefficient (Wildman–Crippen LogP) is 9.55. The summed E-state index contributed by atoms with van der Waals surface area (Å²) in [7, 11) is 1.67. The van der Waals surface area contributed by atoms with Crippen LogP contribution in [0.15, 0.2) is 126 Å². The van der Waals surface area contributed by atoms with Crippen LogP contribution in [0.5, 0.6) is 0 Å². The molecule has 262 valence electrons. The van der Waals surface area contributed by atoms with Gasteiger partial charge in [0.05, 0.1) is 6.54 Å². The van der Waals surface area contributed by atoms with E-state index in [1.807, 2.05) is 66.7 Å². The summed E-state index contributed by atoms with van der Waals surface area (Å²) in [5.41, 5.74) is 7.81. The summed E-state index contributed by atoms with van der Waals surface area (Å²) in [5.74, 6) is 7.15. The number of fused-ring (bicyclic) bond motifs is 1. The molecule has 0 unspecified atom stereocenters. The minimum atomic E-state index is -0.482. The van der Waals surface area contributed by atoms with Crippen molar-refractivity contribution in [2.24, 2.45) is 7.05 Å². The highest BCUT2D eigenvalue weighted by atomic mass is 16.2. The summed E-state index contributed by atoms with van der Waals surface area (Å²) in [6.07, 6.45) is 1.67. The van der Waals surface area contributed by atoms with Crippen LogP contribution in [0.1, 0.15) is 67.3 Å². The summed E-state index contributed by atoms with van der Waals surface area (Å²) < 4.78 is 1.48. The number of hydrogen-bond donors (Lipinski definition) is 2. The Kier molecular flexibility index (Phi) is 11.3. The van der Waals surface area contributed by atoms with Crippen molar-refractivity contribution in [3.63, 3.8) is 0 Å². The number of amides is 2. The van der Waals surface area contributed by atoms with Gasteiger partial charge in [-0.05, 0) is 63.9 Å². The molecule has 2 N–H and O–H groups in total. The quantitative estimate of drug-likeness (QED) is 0.141. The van der Waals surface area contributed by atoms with Crippen LogP contribution in [0, 0.1) is 11.8 Å². The second-order valence-corrected chi connectivity index (χ2v) is 13.7. The summed E-state index contributed by atoms with van der Waals surface area (Å²) in [6, 6.07) is 38.0. The van der Waals surface area contributed by atoms with Crippen LogP contribution in [0.3, 0.4) is 0 Å². The highest BCUT2D eigenvalue weighted by Crippen LogP contribution is 2.35. The third kappa shape index (κ3) is 8.31. The minimum absolute atomic E-state index is 0.177. The maximum absolute atomic E-state index is 14.0. The van der Waals surface area contributed by atoms with Gasteiger partial charge in [0.1, 0.15) is 11.3 Å². The molecule has 2 heterocycles. The fourth-order valence-corrected chi connectivity index (χ4v) is 6.59. The van der Waals surface area contributed by atoms with Crippen molar-refractivity contribution in [3.8, 4) is 23.0 Å². The number of carbonyl (C=O) groups excluding carboxylic acids is 1. The highest BCUT2D eigenvalue weighted by Gasteiger charge is 2.22. The lowest BCUT2D eigenvalue weighted by Gasteiger charge is -2.21. The van der Waals surface area contributed by atoms with E-state index in [4.69, 9.17) is 0 Å². The van der Waals surface area contributed by atoms with Gasteiger partial charge in [-0.2, -0.15) is 0 Å². The number of urea groups is 1. The standard InChI is InChI=1S/C45H45N5O2/c1-31(2)37-23-13-24-38(32(3)4)41(37)47-45(52)48-42-40(39-25-14-26-46-43(39)49(5)44(42)51)36-22-12-20-33(28-36)21-15-27-50(29-34-16-8-6-9-17-34)30-35-18-10-7-11-19-35/h6-14,16-20,22-26,28,31-32H,27,29-30H2,1-5H3,(H2,47,48,52). The van der Waals surface area contributed by atoms with Crippen molar-refractivity contribution in [3.05, 3.63) is 160 Å². The van der Waals surface area contributed by atoms with Crippen molar-refractivity contribution < 1.29 is 4.79 Å². The number of hydrogen-bond acceptors (Lipinski definition) is 4. The van der Waals surface area contributed by atoms with Crippen LogP contribution in [0.2, 0.25) is 0 Å². The molecule has 0 aliphatic heterocycles.